The highest BCUT2D eigenvalue weighted by Crippen LogP contribution is 2.41. The molecule has 59 heavy (non-hydrogen) atoms. The number of H-pyrrole nitrogens is 2. The summed E-state index contributed by atoms with van der Waals surface area (Å²) in [5, 5.41) is 16.8. The maximum atomic E-state index is 14.0. The number of amides is 4. The van der Waals surface area contributed by atoms with Crippen LogP contribution in [-0.2, 0) is 26.3 Å². The molecule has 8 rings (SSSR count). The molecular formula is C46H47N7O6. The summed E-state index contributed by atoms with van der Waals surface area (Å²) in [5.74, 6) is -0.0253. The highest BCUT2D eigenvalue weighted by molar-refractivity contribution is 6.00. The van der Waals surface area contributed by atoms with E-state index in [4.69, 9.17) is 9.72 Å². The van der Waals surface area contributed by atoms with Crippen LogP contribution in [0.4, 0.5) is 15.3 Å². The quantitative estimate of drug-likeness (QED) is 0.0879. The van der Waals surface area contributed by atoms with E-state index in [1.807, 2.05) is 84.9 Å². The van der Waals surface area contributed by atoms with Crippen molar-refractivity contribution < 1.29 is 29.0 Å². The largest absolute Gasteiger partial charge is 0.465 e. The molecule has 13 nitrogen and oxygen atoms in total. The van der Waals surface area contributed by atoms with Crippen molar-refractivity contribution in [2.75, 3.05) is 18.4 Å². The lowest BCUT2D eigenvalue weighted by molar-refractivity contribution is -0.138. The predicted octanol–water partition coefficient (Wildman–Crippen LogP) is 8.24. The molecule has 2 aliphatic heterocycles. The van der Waals surface area contributed by atoms with Gasteiger partial charge in [0.1, 0.15) is 23.4 Å². The van der Waals surface area contributed by atoms with E-state index in [0.717, 1.165) is 45.4 Å². The summed E-state index contributed by atoms with van der Waals surface area (Å²) in [5.41, 5.74) is 5.95. The first-order valence-electron chi connectivity index (χ1n) is 20.0. The van der Waals surface area contributed by atoms with E-state index in [9.17, 15) is 24.3 Å². The molecule has 302 valence electrons. The summed E-state index contributed by atoms with van der Waals surface area (Å²) in [7, 11) is 0. The van der Waals surface area contributed by atoms with E-state index in [-0.39, 0.29) is 17.9 Å². The lowest BCUT2D eigenvalue weighted by Gasteiger charge is -2.35. The van der Waals surface area contributed by atoms with Crippen LogP contribution in [0, 0.1) is 0 Å². The average molecular weight is 794 g/mol. The van der Waals surface area contributed by atoms with Crippen LogP contribution in [0.3, 0.4) is 0 Å². The number of imidazole rings is 1. The van der Waals surface area contributed by atoms with Crippen molar-refractivity contribution in [1.29, 1.82) is 0 Å². The van der Waals surface area contributed by atoms with Crippen LogP contribution in [0.15, 0.2) is 115 Å². The Morgan fingerprint density at radius 3 is 2.29 bits per heavy atom. The number of hydrogen-bond donors (Lipinski definition) is 5. The predicted molar refractivity (Wildman–Crippen MR) is 224 cm³/mol. The Bertz CT molecular complexity index is 2460. The zero-order valence-electron chi connectivity index (χ0n) is 33.0. The third kappa shape index (κ3) is 8.13. The molecule has 0 aliphatic carbocycles. The monoisotopic (exact) mass is 793 g/mol. The molecule has 6 aromatic rings. The molecular weight excluding hydrogens is 747 g/mol. The maximum absolute atomic E-state index is 14.0. The third-order valence-electron chi connectivity index (χ3n) is 11.3. The van der Waals surface area contributed by atoms with Gasteiger partial charge in [0.2, 0.25) is 5.91 Å². The minimum Gasteiger partial charge on any atom is -0.465 e. The second-order valence-corrected chi connectivity index (χ2v) is 15.6. The zero-order valence-corrected chi connectivity index (χ0v) is 33.0. The second-order valence-electron chi connectivity index (χ2n) is 15.6. The van der Waals surface area contributed by atoms with E-state index in [0.29, 0.717) is 55.8 Å². The van der Waals surface area contributed by atoms with Crippen molar-refractivity contribution >= 4 is 40.6 Å². The van der Waals surface area contributed by atoms with Crippen LogP contribution in [0.25, 0.3) is 33.4 Å². The van der Waals surface area contributed by atoms with Gasteiger partial charge in [-0.1, -0.05) is 84.9 Å². The lowest BCUT2D eigenvalue weighted by atomic mass is 9.87. The topological polar surface area (TPSA) is 173 Å². The molecule has 4 heterocycles. The number of nitrogens with one attached hydrogen (secondary N) is 4. The number of aromatic nitrogens is 3. The number of hydrogen-bond acceptors (Lipinski definition) is 6. The van der Waals surface area contributed by atoms with Gasteiger partial charge in [0, 0.05) is 41.8 Å². The molecule has 4 amide bonds. The minimum absolute atomic E-state index is 0.297. The van der Waals surface area contributed by atoms with Crippen LogP contribution in [0.2, 0.25) is 0 Å². The SMILES string of the molecule is CC(C)OC(=O)N[C@@H](C(=O)N1CCC[C@H]1C(=O)Nc1ccc2[nH]c(-c3ccc(-c4cnc([C@@]5(Cc6ccccc6)CCCN5C(=O)O)[nH]4)cc3)cc2c1)c1ccccc1. The second kappa shape index (κ2) is 16.5. The van der Waals surface area contributed by atoms with E-state index in [1.165, 1.54) is 4.90 Å². The average Bonchev–Trinajstić information content (AvgIpc) is 4.07. The minimum atomic E-state index is -1.00. The normalized spacial score (nSPS) is 18.3. The number of carbonyl (C=O) groups is 4. The van der Waals surface area contributed by atoms with Crippen molar-refractivity contribution in [3.8, 4) is 22.5 Å². The van der Waals surface area contributed by atoms with E-state index >= 15 is 0 Å². The fraction of sp³-hybridized carbons (Fsp3) is 0.283. The highest BCUT2D eigenvalue weighted by atomic mass is 16.6. The number of likely N-dealkylation sites (tertiary alicyclic amines) is 2. The van der Waals surface area contributed by atoms with Crippen LogP contribution in [0.1, 0.15) is 62.5 Å². The molecule has 4 aromatic carbocycles. The summed E-state index contributed by atoms with van der Waals surface area (Å²) in [6, 6.07) is 32.9. The van der Waals surface area contributed by atoms with Crippen LogP contribution >= 0.6 is 0 Å². The smallest absolute Gasteiger partial charge is 0.408 e. The highest BCUT2D eigenvalue weighted by Gasteiger charge is 2.47. The molecule has 2 saturated heterocycles. The van der Waals surface area contributed by atoms with Crippen LogP contribution in [-0.4, -0.2) is 79.1 Å². The molecule has 0 bridgehead atoms. The van der Waals surface area contributed by atoms with Gasteiger partial charge < -0.3 is 35.3 Å². The molecule has 2 aromatic heterocycles. The Morgan fingerprint density at radius 2 is 1.58 bits per heavy atom. The van der Waals surface area contributed by atoms with Crippen molar-refractivity contribution in [2.24, 2.45) is 0 Å². The van der Waals surface area contributed by atoms with E-state index < -0.39 is 29.8 Å². The van der Waals surface area contributed by atoms with Gasteiger partial charge in [0.05, 0.1) is 18.0 Å². The number of benzene rings is 4. The Labute approximate surface area is 341 Å². The number of aromatic amines is 2. The standard InChI is InChI=1S/C46H47N7O6/c1-29(2)59-44(56)51-40(33-13-7-4-8-14-33)42(55)52-23-9-15-39(52)41(54)48-35-20-21-36-34(25-35)26-37(49-36)31-16-18-32(19-17-31)38-28-47-43(50-38)46(22-10-24-53(46)45(57)58)27-30-11-5-3-6-12-30/h3-8,11-14,16-21,25-26,28-29,39-40,49H,9-10,15,22-24,27H2,1-2H3,(H,47,50)(H,48,54)(H,51,56)(H,57,58)/t39-,40+,46-/m0/s1. The van der Waals surface area contributed by atoms with Gasteiger partial charge in [-0.15, -0.1) is 0 Å². The van der Waals surface area contributed by atoms with Crippen molar-refractivity contribution in [3.63, 3.8) is 0 Å². The Morgan fingerprint density at radius 1 is 0.864 bits per heavy atom. The molecule has 5 N–H and O–H groups in total. The fourth-order valence-corrected chi connectivity index (χ4v) is 8.50. The van der Waals surface area contributed by atoms with Gasteiger partial charge in [-0.25, -0.2) is 14.6 Å². The molecule has 3 atom stereocenters. The number of fused-ring (bicyclic) bond motifs is 1. The molecule has 13 heteroatoms. The Balaban J connectivity index is 0.961. The molecule has 0 saturated carbocycles. The van der Waals surface area contributed by atoms with Crippen molar-refractivity contribution in [3.05, 3.63) is 132 Å². The number of carbonyl (C=O) groups excluding carboxylic acids is 3. The zero-order chi connectivity index (χ0) is 41.1. The molecule has 0 unspecified atom stereocenters. The van der Waals surface area contributed by atoms with Gasteiger partial charge in [0.25, 0.3) is 5.91 Å². The van der Waals surface area contributed by atoms with Gasteiger partial charge in [-0.2, -0.15) is 0 Å². The van der Waals surface area contributed by atoms with Gasteiger partial charge in [0.15, 0.2) is 0 Å². The fourth-order valence-electron chi connectivity index (χ4n) is 8.50. The number of ether oxygens (including phenoxy) is 1. The summed E-state index contributed by atoms with van der Waals surface area (Å²) < 4.78 is 5.28. The molecule has 0 spiro atoms. The molecule has 2 aliphatic rings. The maximum Gasteiger partial charge on any atom is 0.408 e. The number of rotatable bonds is 11. The molecule has 0 radical (unpaired) electrons. The Hall–Kier alpha value is -6.89. The summed E-state index contributed by atoms with van der Waals surface area (Å²) in [4.78, 5) is 67.5. The summed E-state index contributed by atoms with van der Waals surface area (Å²) >= 11 is 0. The van der Waals surface area contributed by atoms with Gasteiger partial charge in [-0.05, 0) is 86.1 Å². The first-order valence-corrected chi connectivity index (χ1v) is 20.0. The first-order chi connectivity index (χ1) is 28.6. The van der Waals surface area contributed by atoms with Crippen molar-refractivity contribution in [2.45, 2.75) is 69.7 Å². The van der Waals surface area contributed by atoms with E-state index in [2.05, 4.69) is 20.6 Å². The summed E-state index contributed by atoms with van der Waals surface area (Å²) in [6.07, 6.45) is 2.88. The molecule has 2 fully saturated rings. The number of alkyl carbamates (subject to hydrolysis) is 1. The van der Waals surface area contributed by atoms with Gasteiger partial charge >= 0.3 is 12.2 Å². The van der Waals surface area contributed by atoms with Crippen molar-refractivity contribution in [1.82, 2.24) is 30.1 Å². The first kappa shape index (κ1) is 39.0. The number of carboxylic acid groups (broad SMARTS) is 1. The lowest BCUT2D eigenvalue weighted by Crippen LogP contribution is -2.48. The van der Waals surface area contributed by atoms with Crippen LogP contribution in [0.5, 0.6) is 0 Å². The van der Waals surface area contributed by atoms with Crippen LogP contribution < -0.4 is 10.6 Å². The number of nitrogens with zero attached hydrogens (tertiary/aromatic N) is 3. The van der Waals surface area contributed by atoms with Gasteiger partial charge in [-0.3, -0.25) is 14.5 Å². The number of anilines is 1. The van der Waals surface area contributed by atoms with E-state index in [1.54, 1.807) is 49.2 Å². The third-order valence-corrected chi connectivity index (χ3v) is 11.3. The Kier molecular flexibility index (Phi) is 10.9. The summed E-state index contributed by atoms with van der Waals surface area (Å²) in [6.45, 7) is 4.32.